The molecule has 0 aliphatic heterocycles. The fourth-order valence-corrected chi connectivity index (χ4v) is 4.76. The molecule has 0 aliphatic rings. The minimum atomic E-state index is -0.850. The summed E-state index contributed by atoms with van der Waals surface area (Å²) >= 11 is 0. The molecule has 7 heteroatoms. The number of rotatable bonds is 31. The van der Waals surface area contributed by atoms with E-state index in [1.807, 2.05) is 48.6 Å². The first kappa shape index (κ1) is 45.3. The number of esters is 2. The van der Waals surface area contributed by atoms with Crippen LogP contribution in [0.5, 0.6) is 0 Å². The molecule has 0 bridgehead atoms. The number of hydrogen-bond acceptors (Lipinski definition) is 7. The van der Waals surface area contributed by atoms with Crippen LogP contribution < -0.4 is 0 Å². The van der Waals surface area contributed by atoms with Gasteiger partial charge in [-0.05, 0) is 44.4 Å². The topological polar surface area (TPSA) is 113 Å². The van der Waals surface area contributed by atoms with E-state index in [1.54, 1.807) is 24.3 Å². The lowest BCUT2D eigenvalue weighted by molar-refractivity contribution is -0.161. The minimum Gasteiger partial charge on any atom is -0.462 e. The summed E-state index contributed by atoms with van der Waals surface area (Å²) in [6, 6.07) is 0. The van der Waals surface area contributed by atoms with Gasteiger partial charge in [0, 0.05) is 12.8 Å². The summed E-state index contributed by atoms with van der Waals surface area (Å²) in [5, 5.41) is 29.4. The quantitative estimate of drug-likeness (QED) is 0.0291. The van der Waals surface area contributed by atoms with Gasteiger partial charge >= 0.3 is 11.9 Å². The lowest BCUT2D eigenvalue weighted by Crippen LogP contribution is -2.28. The van der Waals surface area contributed by atoms with E-state index < -0.39 is 30.9 Å². The second-order valence-electron chi connectivity index (χ2n) is 12.8. The fraction of sp³-hybridized carbons (Fsp3) is 0.659. The molecule has 7 nitrogen and oxygen atoms in total. The number of aliphatic hydroxyl groups excluding tert-OH is 3. The second-order valence-corrected chi connectivity index (χ2v) is 12.8. The summed E-state index contributed by atoms with van der Waals surface area (Å²) in [5.74, 6) is 0.0467. The predicted molar refractivity (Wildman–Crippen MR) is 198 cm³/mol. The van der Waals surface area contributed by atoms with Crippen LogP contribution in [0.25, 0.3) is 0 Å². The van der Waals surface area contributed by atoms with E-state index >= 15 is 0 Å². The van der Waals surface area contributed by atoms with Gasteiger partial charge in [-0.2, -0.15) is 0 Å². The zero-order valence-corrected chi connectivity index (χ0v) is 30.4. The van der Waals surface area contributed by atoms with Gasteiger partial charge in [-0.15, -0.1) is 0 Å². The minimum absolute atomic E-state index is 0.130. The summed E-state index contributed by atoms with van der Waals surface area (Å²) in [4.78, 5) is 24.2. The first-order chi connectivity index (χ1) is 23.3. The molecule has 0 aromatic carbocycles. The monoisotopic (exact) mass is 672 g/mol. The fourth-order valence-electron chi connectivity index (χ4n) is 4.76. The number of carbonyl (C=O) groups is 2. The van der Waals surface area contributed by atoms with Gasteiger partial charge in [0.15, 0.2) is 6.10 Å². The van der Waals surface area contributed by atoms with Crippen LogP contribution in [0.3, 0.4) is 0 Å². The molecule has 0 heterocycles. The zero-order chi connectivity index (χ0) is 35.5. The standard InChI is InChI=1S/C41H68O7/c1-4-5-20-28-37(43)30-23-18-19-24-31-38(44)29-22-15-12-13-17-26-33-41(46)48-39(34-42)35-47-40(45)32-25-16-11-9-7-6-8-10-14-21-27-36(2)3/h5,13,15,17-20,22-24,30-31,36-39,42-44H,4,6-12,14,16,21,25-29,32-35H2,1-3H3/b17-13-,19-18-,20-5-,22-15-,30-23+,31-24+/t37-,38+,39-/m0/s1. The normalized spacial score (nSPS) is 14.5. The average Bonchev–Trinajstić information content (AvgIpc) is 3.06. The van der Waals surface area contributed by atoms with E-state index in [0.717, 1.165) is 31.6 Å². The summed E-state index contributed by atoms with van der Waals surface area (Å²) in [6.07, 6.45) is 37.5. The SMILES string of the molecule is CC/C=C\C[C@H](O)/C=C/C=C\C=C\[C@H](O)C/C=C\C/C=C\CCC(=O)O[C@@H](CO)COC(=O)CCCCCCCCCCCCC(C)C. The van der Waals surface area contributed by atoms with Crippen LogP contribution in [0, 0.1) is 5.92 Å². The van der Waals surface area contributed by atoms with Crippen LogP contribution in [-0.4, -0.2) is 58.8 Å². The maximum atomic E-state index is 12.1. The molecule has 274 valence electrons. The summed E-state index contributed by atoms with van der Waals surface area (Å²) < 4.78 is 10.5. The number of aliphatic hydroxyl groups is 3. The summed E-state index contributed by atoms with van der Waals surface area (Å²) in [7, 11) is 0. The highest BCUT2D eigenvalue weighted by molar-refractivity contribution is 5.70. The maximum absolute atomic E-state index is 12.1. The van der Waals surface area contributed by atoms with E-state index in [9.17, 15) is 24.9 Å². The highest BCUT2D eigenvalue weighted by atomic mass is 16.6. The van der Waals surface area contributed by atoms with Crippen LogP contribution in [-0.2, 0) is 19.1 Å². The molecule has 0 aliphatic carbocycles. The Balaban J connectivity index is 3.88. The van der Waals surface area contributed by atoms with Crippen molar-refractivity contribution in [2.75, 3.05) is 13.2 Å². The molecule has 0 radical (unpaired) electrons. The molecule has 0 saturated heterocycles. The average molecular weight is 673 g/mol. The Hall–Kier alpha value is -2.74. The first-order valence-electron chi connectivity index (χ1n) is 18.6. The van der Waals surface area contributed by atoms with Crippen LogP contribution in [0.15, 0.2) is 72.9 Å². The smallest absolute Gasteiger partial charge is 0.306 e. The van der Waals surface area contributed by atoms with Crippen LogP contribution in [0.2, 0.25) is 0 Å². The van der Waals surface area contributed by atoms with Gasteiger partial charge in [0.1, 0.15) is 6.61 Å². The molecular weight excluding hydrogens is 604 g/mol. The van der Waals surface area contributed by atoms with Crippen molar-refractivity contribution in [3.05, 3.63) is 72.9 Å². The van der Waals surface area contributed by atoms with Gasteiger partial charge in [-0.3, -0.25) is 9.59 Å². The molecule has 0 aromatic heterocycles. The highest BCUT2D eigenvalue weighted by Gasteiger charge is 2.15. The third-order valence-electron chi connectivity index (χ3n) is 7.62. The van der Waals surface area contributed by atoms with Crippen molar-refractivity contribution in [2.45, 2.75) is 155 Å². The Labute approximate surface area is 292 Å². The molecule has 48 heavy (non-hydrogen) atoms. The van der Waals surface area contributed by atoms with Crippen molar-refractivity contribution < 1.29 is 34.4 Å². The van der Waals surface area contributed by atoms with Gasteiger partial charge in [-0.25, -0.2) is 0 Å². The predicted octanol–water partition coefficient (Wildman–Crippen LogP) is 9.19. The first-order valence-corrected chi connectivity index (χ1v) is 18.6. The Morgan fingerprint density at radius 2 is 1.19 bits per heavy atom. The Kier molecular flexibility index (Phi) is 32.2. The lowest BCUT2D eigenvalue weighted by Gasteiger charge is -2.15. The van der Waals surface area contributed by atoms with E-state index in [0.29, 0.717) is 32.1 Å². The Bertz CT molecular complexity index is 944. The number of unbranched alkanes of at least 4 members (excludes halogenated alkanes) is 9. The van der Waals surface area contributed by atoms with Gasteiger partial charge < -0.3 is 24.8 Å². The molecular formula is C41H68O7. The number of hydrogen-bond donors (Lipinski definition) is 3. The molecule has 0 aromatic rings. The van der Waals surface area contributed by atoms with E-state index in [1.165, 1.54) is 51.4 Å². The number of allylic oxidation sites excluding steroid dienone is 8. The van der Waals surface area contributed by atoms with Crippen molar-refractivity contribution in [2.24, 2.45) is 5.92 Å². The molecule has 0 saturated carbocycles. The Morgan fingerprint density at radius 1 is 0.646 bits per heavy atom. The number of carbonyl (C=O) groups excluding carboxylic acids is 2. The molecule has 0 amide bonds. The molecule has 0 rings (SSSR count). The third-order valence-corrected chi connectivity index (χ3v) is 7.62. The summed E-state index contributed by atoms with van der Waals surface area (Å²) in [6.45, 7) is 6.10. The van der Waals surface area contributed by atoms with Crippen molar-refractivity contribution in [3.8, 4) is 0 Å². The van der Waals surface area contributed by atoms with E-state index in [2.05, 4.69) is 20.8 Å². The number of ether oxygens (including phenoxy) is 2. The van der Waals surface area contributed by atoms with Gasteiger partial charge in [-0.1, -0.05) is 158 Å². The van der Waals surface area contributed by atoms with Gasteiger partial charge in [0.25, 0.3) is 0 Å². The molecule has 0 unspecified atom stereocenters. The van der Waals surface area contributed by atoms with Crippen molar-refractivity contribution in [3.63, 3.8) is 0 Å². The molecule has 0 spiro atoms. The molecule has 0 fully saturated rings. The maximum Gasteiger partial charge on any atom is 0.306 e. The largest absolute Gasteiger partial charge is 0.462 e. The van der Waals surface area contributed by atoms with Gasteiger partial charge in [0.2, 0.25) is 0 Å². The zero-order valence-electron chi connectivity index (χ0n) is 30.4. The van der Waals surface area contributed by atoms with Crippen molar-refractivity contribution in [1.29, 1.82) is 0 Å². The molecule has 3 N–H and O–H groups in total. The highest BCUT2D eigenvalue weighted by Crippen LogP contribution is 2.14. The van der Waals surface area contributed by atoms with Gasteiger partial charge in [0.05, 0.1) is 18.8 Å². The molecule has 3 atom stereocenters. The van der Waals surface area contributed by atoms with Crippen LogP contribution >= 0.6 is 0 Å². The van der Waals surface area contributed by atoms with Crippen molar-refractivity contribution >= 4 is 11.9 Å². The van der Waals surface area contributed by atoms with Crippen LogP contribution in [0.4, 0.5) is 0 Å². The lowest BCUT2D eigenvalue weighted by atomic mass is 10.0. The van der Waals surface area contributed by atoms with E-state index in [-0.39, 0.29) is 19.0 Å². The summed E-state index contributed by atoms with van der Waals surface area (Å²) in [5.41, 5.74) is 0. The third kappa shape index (κ3) is 33.2. The Morgan fingerprint density at radius 3 is 1.75 bits per heavy atom. The van der Waals surface area contributed by atoms with Crippen LogP contribution in [0.1, 0.15) is 136 Å². The van der Waals surface area contributed by atoms with Crippen molar-refractivity contribution in [1.82, 2.24) is 0 Å². The second kappa shape index (κ2) is 34.1. The van der Waals surface area contributed by atoms with E-state index in [4.69, 9.17) is 9.47 Å².